The summed E-state index contributed by atoms with van der Waals surface area (Å²) in [4.78, 5) is 13.9. The Morgan fingerprint density at radius 3 is 2.58 bits per heavy atom. The molecule has 0 unspecified atom stereocenters. The third kappa shape index (κ3) is 3.76. The van der Waals surface area contributed by atoms with Gasteiger partial charge in [-0.3, -0.25) is 9.69 Å². The molecule has 6 heteroatoms. The molecule has 106 valence electrons. The maximum absolute atomic E-state index is 11.6. The highest BCUT2D eigenvalue weighted by Crippen LogP contribution is 2.20. The van der Waals surface area contributed by atoms with E-state index in [1.165, 1.54) is 0 Å². The fourth-order valence-electron chi connectivity index (χ4n) is 2.27. The van der Waals surface area contributed by atoms with Gasteiger partial charge in [-0.25, -0.2) is 0 Å². The maximum atomic E-state index is 11.6. The fourth-order valence-corrected chi connectivity index (χ4v) is 2.27. The molecule has 0 amide bonds. The Labute approximate surface area is 113 Å². The monoisotopic (exact) mass is 267 g/mol. The van der Waals surface area contributed by atoms with Gasteiger partial charge in [-0.05, 0) is 32.9 Å². The maximum Gasteiger partial charge on any atom is 0.309 e. The van der Waals surface area contributed by atoms with E-state index < -0.39 is 0 Å². The molecule has 0 spiro atoms. The van der Waals surface area contributed by atoms with E-state index in [0.29, 0.717) is 24.9 Å². The molecule has 1 aromatic rings. The quantitative estimate of drug-likeness (QED) is 0.751. The van der Waals surface area contributed by atoms with Crippen LogP contribution in [0.2, 0.25) is 0 Å². The van der Waals surface area contributed by atoms with Gasteiger partial charge in [0, 0.05) is 6.42 Å². The van der Waals surface area contributed by atoms with Gasteiger partial charge >= 0.3 is 5.97 Å². The molecule has 6 nitrogen and oxygen atoms in total. The molecule has 0 saturated carbocycles. The predicted octanol–water partition coefficient (Wildman–Crippen LogP) is 1.41. The highest BCUT2D eigenvalue weighted by Gasteiger charge is 2.26. The first-order chi connectivity index (χ1) is 9.22. The number of rotatable bonds is 5. The fraction of sp³-hybridized carbons (Fsp3) is 0.769. The van der Waals surface area contributed by atoms with Crippen LogP contribution in [0.25, 0.3) is 0 Å². The minimum Gasteiger partial charge on any atom is -0.466 e. The van der Waals surface area contributed by atoms with Crippen molar-refractivity contribution in [1.82, 2.24) is 15.1 Å². The Morgan fingerprint density at radius 2 is 2.00 bits per heavy atom. The SMILES string of the molecule is CCOC(=O)C1CCN(Cc2nnc(CC)o2)CC1. The smallest absolute Gasteiger partial charge is 0.309 e. The van der Waals surface area contributed by atoms with Gasteiger partial charge in [0.15, 0.2) is 0 Å². The van der Waals surface area contributed by atoms with Gasteiger partial charge in [-0.15, -0.1) is 10.2 Å². The summed E-state index contributed by atoms with van der Waals surface area (Å²) in [5, 5.41) is 7.96. The van der Waals surface area contributed by atoms with Crippen molar-refractivity contribution in [3.63, 3.8) is 0 Å². The molecule has 2 heterocycles. The second-order valence-corrected chi connectivity index (χ2v) is 4.75. The molecule has 2 rings (SSSR count). The average molecular weight is 267 g/mol. The van der Waals surface area contributed by atoms with Crippen LogP contribution in [0.4, 0.5) is 0 Å². The number of hydrogen-bond acceptors (Lipinski definition) is 6. The number of nitrogens with zero attached hydrogens (tertiary/aromatic N) is 3. The van der Waals surface area contributed by atoms with E-state index in [1.807, 2.05) is 13.8 Å². The minimum atomic E-state index is -0.0618. The lowest BCUT2D eigenvalue weighted by molar-refractivity contribution is -0.149. The van der Waals surface area contributed by atoms with Crippen molar-refractivity contribution in [2.75, 3.05) is 19.7 Å². The van der Waals surface area contributed by atoms with Crippen LogP contribution >= 0.6 is 0 Å². The van der Waals surface area contributed by atoms with E-state index in [4.69, 9.17) is 9.15 Å². The molecule has 1 fully saturated rings. The van der Waals surface area contributed by atoms with Gasteiger partial charge < -0.3 is 9.15 Å². The Hall–Kier alpha value is -1.43. The van der Waals surface area contributed by atoms with Crippen LogP contribution in [0.5, 0.6) is 0 Å². The summed E-state index contributed by atoms with van der Waals surface area (Å²) >= 11 is 0. The van der Waals surface area contributed by atoms with E-state index in [2.05, 4.69) is 15.1 Å². The second kappa shape index (κ2) is 6.65. The lowest BCUT2D eigenvalue weighted by atomic mass is 9.97. The van der Waals surface area contributed by atoms with Crippen LogP contribution in [0.1, 0.15) is 38.5 Å². The lowest BCUT2D eigenvalue weighted by Crippen LogP contribution is -2.36. The molecular weight excluding hydrogens is 246 g/mol. The molecule has 0 aromatic carbocycles. The molecule has 1 aromatic heterocycles. The molecule has 1 aliphatic heterocycles. The third-order valence-electron chi connectivity index (χ3n) is 3.38. The van der Waals surface area contributed by atoms with Crippen LogP contribution in [0.15, 0.2) is 4.42 Å². The van der Waals surface area contributed by atoms with E-state index >= 15 is 0 Å². The van der Waals surface area contributed by atoms with Gasteiger partial charge in [0.1, 0.15) is 0 Å². The summed E-state index contributed by atoms with van der Waals surface area (Å²) in [6, 6.07) is 0. The van der Waals surface area contributed by atoms with Gasteiger partial charge in [0.2, 0.25) is 11.8 Å². The highest BCUT2D eigenvalue weighted by atomic mass is 16.5. The largest absolute Gasteiger partial charge is 0.466 e. The second-order valence-electron chi connectivity index (χ2n) is 4.75. The summed E-state index contributed by atoms with van der Waals surface area (Å²) in [6.07, 6.45) is 2.44. The first-order valence-electron chi connectivity index (χ1n) is 6.93. The summed E-state index contributed by atoms with van der Waals surface area (Å²) in [5.74, 6) is 1.32. The molecule has 19 heavy (non-hydrogen) atoms. The average Bonchev–Trinajstić information content (AvgIpc) is 2.87. The Kier molecular flexibility index (Phi) is 4.90. The number of piperidine rings is 1. The van der Waals surface area contributed by atoms with Crippen LogP contribution in [-0.4, -0.2) is 40.8 Å². The molecule has 0 radical (unpaired) electrons. The Morgan fingerprint density at radius 1 is 1.32 bits per heavy atom. The number of ether oxygens (including phenoxy) is 1. The van der Waals surface area contributed by atoms with Crippen molar-refractivity contribution in [2.45, 2.75) is 39.7 Å². The van der Waals surface area contributed by atoms with Gasteiger partial charge in [0.25, 0.3) is 0 Å². The highest BCUT2D eigenvalue weighted by molar-refractivity contribution is 5.72. The zero-order valence-corrected chi connectivity index (χ0v) is 11.6. The van der Waals surface area contributed by atoms with Crippen LogP contribution in [-0.2, 0) is 22.5 Å². The number of carbonyl (C=O) groups excluding carboxylic acids is 1. The standard InChI is InChI=1S/C13H21N3O3/c1-3-11-14-15-12(19-11)9-16-7-5-10(6-8-16)13(17)18-4-2/h10H,3-9H2,1-2H3. The van der Waals surface area contributed by atoms with Crippen molar-refractivity contribution in [2.24, 2.45) is 5.92 Å². The zero-order valence-electron chi connectivity index (χ0n) is 11.6. The van der Waals surface area contributed by atoms with E-state index in [-0.39, 0.29) is 11.9 Å². The number of likely N-dealkylation sites (tertiary alicyclic amines) is 1. The summed E-state index contributed by atoms with van der Waals surface area (Å²) in [7, 11) is 0. The van der Waals surface area contributed by atoms with Gasteiger partial charge in [0.05, 0.1) is 19.1 Å². The number of aryl methyl sites for hydroxylation is 1. The van der Waals surface area contributed by atoms with E-state index in [0.717, 1.165) is 32.4 Å². The van der Waals surface area contributed by atoms with Crippen molar-refractivity contribution in [3.8, 4) is 0 Å². The zero-order chi connectivity index (χ0) is 13.7. The number of aromatic nitrogens is 2. The molecule has 0 N–H and O–H groups in total. The summed E-state index contributed by atoms with van der Waals surface area (Å²) in [6.45, 7) is 6.69. The van der Waals surface area contributed by atoms with Crippen molar-refractivity contribution >= 4 is 5.97 Å². The van der Waals surface area contributed by atoms with Crippen LogP contribution in [0.3, 0.4) is 0 Å². The summed E-state index contributed by atoms with van der Waals surface area (Å²) in [5.41, 5.74) is 0. The van der Waals surface area contributed by atoms with Crippen LogP contribution < -0.4 is 0 Å². The van der Waals surface area contributed by atoms with Crippen molar-refractivity contribution < 1.29 is 13.9 Å². The Bertz CT molecular complexity index is 411. The molecule has 0 bridgehead atoms. The number of hydrogen-bond donors (Lipinski definition) is 0. The predicted molar refractivity (Wildman–Crippen MR) is 68.3 cm³/mol. The minimum absolute atomic E-state index is 0.0464. The topological polar surface area (TPSA) is 68.5 Å². The summed E-state index contributed by atoms with van der Waals surface area (Å²) < 4.78 is 10.5. The van der Waals surface area contributed by atoms with E-state index in [1.54, 1.807) is 0 Å². The molecule has 1 saturated heterocycles. The molecule has 0 aliphatic carbocycles. The van der Waals surface area contributed by atoms with Gasteiger partial charge in [-0.1, -0.05) is 6.92 Å². The van der Waals surface area contributed by atoms with Crippen molar-refractivity contribution in [1.29, 1.82) is 0 Å². The first kappa shape index (κ1) is 14.0. The van der Waals surface area contributed by atoms with E-state index in [9.17, 15) is 4.79 Å². The third-order valence-corrected chi connectivity index (χ3v) is 3.38. The molecule has 0 atom stereocenters. The lowest BCUT2D eigenvalue weighted by Gasteiger charge is -2.29. The number of carbonyl (C=O) groups is 1. The molecular formula is C13H21N3O3. The Balaban J connectivity index is 1.78. The van der Waals surface area contributed by atoms with Crippen LogP contribution in [0, 0.1) is 5.92 Å². The molecule has 1 aliphatic rings. The normalized spacial score (nSPS) is 17.6. The first-order valence-corrected chi connectivity index (χ1v) is 6.93. The van der Waals surface area contributed by atoms with Gasteiger partial charge in [-0.2, -0.15) is 0 Å². The van der Waals surface area contributed by atoms with Crippen molar-refractivity contribution in [3.05, 3.63) is 11.8 Å². The number of esters is 1.